The van der Waals surface area contributed by atoms with E-state index in [2.05, 4.69) is 6.92 Å². The van der Waals surface area contributed by atoms with Gasteiger partial charge >= 0.3 is 5.97 Å². The fourth-order valence-corrected chi connectivity index (χ4v) is 2.57. The normalized spacial score (nSPS) is 11.2. The quantitative estimate of drug-likeness (QED) is 0.0913. The molecule has 0 rings (SSSR count). The summed E-state index contributed by atoms with van der Waals surface area (Å²) >= 11 is 5.49. The third kappa shape index (κ3) is 29.4. The lowest BCUT2D eigenvalue weighted by Crippen LogP contribution is -2.15. The summed E-state index contributed by atoms with van der Waals surface area (Å²) in [6, 6.07) is 0. The van der Waals surface area contributed by atoms with Gasteiger partial charge in [0, 0.05) is 12.3 Å². The number of hydrogen-bond acceptors (Lipinski definition) is 9. The molecule has 0 saturated heterocycles. The molecule has 9 nitrogen and oxygen atoms in total. The molecule has 0 amide bonds. The molecule has 0 aliphatic rings. The molecule has 0 unspecified atom stereocenters. The minimum Gasteiger partial charge on any atom is -0.463 e. The predicted octanol–water partition coefficient (Wildman–Crippen LogP) is 2.86. The molecule has 198 valence electrons. The van der Waals surface area contributed by atoms with Gasteiger partial charge < -0.3 is 37.9 Å². The van der Waals surface area contributed by atoms with E-state index in [1.54, 1.807) is 0 Å². The molecule has 0 aromatic heterocycles. The highest BCUT2D eigenvalue weighted by atomic mass is 35.5. The van der Waals surface area contributed by atoms with E-state index in [0.717, 1.165) is 25.7 Å². The summed E-state index contributed by atoms with van der Waals surface area (Å²) in [4.78, 5) is 11.5. The van der Waals surface area contributed by atoms with Gasteiger partial charge in [0.05, 0.1) is 92.5 Å². The first-order valence-electron chi connectivity index (χ1n) is 12.1. The van der Waals surface area contributed by atoms with Crippen molar-refractivity contribution in [3.8, 4) is 0 Å². The van der Waals surface area contributed by atoms with Gasteiger partial charge in [0.2, 0.25) is 0 Å². The van der Waals surface area contributed by atoms with E-state index in [0.29, 0.717) is 111 Å². The van der Waals surface area contributed by atoms with Gasteiger partial charge in [-0.2, -0.15) is 0 Å². The third-order valence-corrected chi connectivity index (χ3v) is 4.33. The van der Waals surface area contributed by atoms with Crippen molar-refractivity contribution >= 4 is 17.6 Å². The Balaban J connectivity index is 3.07. The standard InChI is InChI=1S/C23H45ClO9/c1-2-3-4-5-6-23(25)33-22-21-32-20-19-31-18-17-30-16-15-29-14-13-28-12-11-27-10-9-26-8-7-24/h2-22H2,1H3. The number of carbonyl (C=O) groups is 1. The lowest BCUT2D eigenvalue weighted by atomic mass is 10.2. The van der Waals surface area contributed by atoms with Crippen LogP contribution in [0.3, 0.4) is 0 Å². The molecule has 0 aliphatic heterocycles. The van der Waals surface area contributed by atoms with Crippen molar-refractivity contribution in [1.82, 2.24) is 0 Å². The second kappa shape index (κ2) is 29.5. The van der Waals surface area contributed by atoms with Crippen molar-refractivity contribution in [1.29, 1.82) is 0 Å². The van der Waals surface area contributed by atoms with Crippen molar-refractivity contribution in [2.45, 2.75) is 39.0 Å². The van der Waals surface area contributed by atoms with Crippen molar-refractivity contribution in [2.24, 2.45) is 0 Å². The lowest BCUT2D eigenvalue weighted by Gasteiger charge is -2.08. The number of hydrogen-bond donors (Lipinski definition) is 0. The molecule has 10 heteroatoms. The van der Waals surface area contributed by atoms with Crippen molar-refractivity contribution < 1.29 is 42.7 Å². The van der Waals surface area contributed by atoms with Crippen LogP contribution in [0.1, 0.15) is 39.0 Å². The number of rotatable bonds is 28. The number of alkyl halides is 1. The molecule has 0 atom stereocenters. The first kappa shape index (κ1) is 32.5. The molecule has 0 saturated carbocycles. The minimum absolute atomic E-state index is 0.148. The second-order valence-corrected chi connectivity index (χ2v) is 7.38. The van der Waals surface area contributed by atoms with Gasteiger partial charge in [-0.3, -0.25) is 4.79 Å². The van der Waals surface area contributed by atoms with Gasteiger partial charge in [0.25, 0.3) is 0 Å². The zero-order valence-electron chi connectivity index (χ0n) is 20.4. The SMILES string of the molecule is CCCCCCC(=O)OCCOCCOCCOCCOCCOCCOCCOCCCl. The summed E-state index contributed by atoms with van der Waals surface area (Å²) in [5.74, 6) is 0.351. The maximum Gasteiger partial charge on any atom is 0.305 e. The number of esters is 1. The number of ether oxygens (including phenoxy) is 8. The molecule has 33 heavy (non-hydrogen) atoms. The Morgan fingerprint density at radius 2 is 0.879 bits per heavy atom. The Morgan fingerprint density at radius 3 is 1.24 bits per heavy atom. The van der Waals surface area contributed by atoms with Crippen LogP contribution >= 0.6 is 11.6 Å². The summed E-state index contributed by atoms with van der Waals surface area (Å²) in [6.07, 6.45) is 4.79. The van der Waals surface area contributed by atoms with E-state index in [1.165, 1.54) is 0 Å². The first-order chi connectivity index (χ1) is 16.3. The molecule has 0 bridgehead atoms. The zero-order valence-corrected chi connectivity index (χ0v) is 21.2. The zero-order chi connectivity index (χ0) is 24.1. The van der Waals surface area contributed by atoms with E-state index < -0.39 is 0 Å². The monoisotopic (exact) mass is 500 g/mol. The Kier molecular flexibility index (Phi) is 29.0. The average Bonchev–Trinajstić information content (AvgIpc) is 2.82. The van der Waals surface area contributed by atoms with Gasteiger partial charge in [-0.15, -0.1) is 11.6 Å². The largest absolute Gasteiger partial charge is 0.463 e. The van der Waals surface area contributed by atoms with E-state index in [1.807, 2.05) is 0 Å². The van der Waals surface area contributed by atoms with Crippen LogP contribution in [-0.2, 0) is 42.7 Å². The summed E-state index contributed by atoms with van der Waals surface area (Å²) in [5.41, 5.74) is 0. The van der Waals surface area contributed by atoms with Crippen molar-refractivity contribution in [2.75, 3.05) is 105 Å². The van der Waals surface area contributed by atoms with Crippen molar-refractivity contribution in [3.63, 3.8) is 0 Å². The topological polar surface area (TPSA) is 90.9 Å². The van der Waals surface area contributed by atoms with E-state index in [9.17, 15) is 4.79 Å². The molecule has 0 fully saturated rings. The van der Waals surface area contributed by atoms with Crippen LogP contribution < -0.4 is 0 Å². The van der Waals surface area contributed by atoms with Gasteiger partial charge in [-0.1, -0.05) is 26.2 Å². The Labute approximate surface area is 204 Å². The lowest BCUT2D eigenvalue weighted by molar-refractivity contribution is -0.145. The maximum absolute atomic E-state index is 11.5. The Bertz CT molecular complexity index is 389. The highest BCUT2D eigenvalue weighted by molar-refractivity contribution is 6.17. The van der Waals surface area contributed by atoms with E-state index >= 15 is 0 Å². The van der Waals surface area contributed by atoms with Crippen LogP contribution in [0.5, 0.6) is 0 Å². The molecule has 0 aliphatic carbocycles. The van der Waals surface area contributed by atoms with Gasteiger partial charge in [0.15, 0.2) is 0 Å². The minimum atomic E-state index is -0.148. The fourth-order valence-electron chi connectivity index (χ4n) is 2.46. The summed E-state index contributed by atoms with van der Waals surface area (Å²) in [5, 5.41) is 0. The molecule has 0 spiro atoms. The average molecular weight is 501 g/mol. The van der Waals surface area contributed by atoms with Crippen molar-refractivity contribution in [3.05, 3.63) is 0 Å². The maximum atomic E-state index is 11.5. The Hall–Kier alpha value is -0.520. The molecule has 0 aromatic carbocycles. The highest BCUT2D eigenvalue weighted by Crippen LogP contribution is 2.03. The number of halogens is 1. The van der Waals surface area contributed by atoms with Gasteiger partial charge in [-0.25, -0.2) is 0 Å². The number of carbonyl (C=O) groups excluding carboxylic acids is 1. The van der Waals surface area contributed by atoms with Crippen LogP contribution in [0.4, 0.5) is 0 Å². The molecule has 0 aromatic rings. The van der Waals surface area contributed by atoms with Gasteiger partial charge in [-0.05, 0) is 6.42 Å². The summed E-state index contributed by atoms with van der Waals surface area (Å²) in [6.45, 7) is 9.52. The van der Waals surface area contributed by atoms with Crippen LogP contribution in [0, 0.1) is 0 Å². The molecule has 0 heterocycles. The molecule has 0 N–H and O–H groups in total. The van der Waals surface area contributed by atoms with E-state index in [4.69, 9.17) is 49.5 Å². The molecular weight excluding hydrogens is 456 g/mol. The predicted molar refractivity (Wildman–Crippen MR) is 126 cm³/mol. The van der Waals surface area contributed by atoms with Crippen LogP contribution in [0.15, 0.2) is 0 Å². The van der Waals surface area contributed by atoms with Crippen LogP contribution in [0.2, 0.25) is 0 Å². The van der Waals surface area contributed by atoms with Crippen LogP contribution in [0.25, 0.3) is 0 Å². The third-order valence-electron chi connectivity index (χ3n) is 4.18. The second-order valence-electron chi connectivity index (χ2n) is 7.01. The summed E-state index contributed by atoms with van der Waals surface area (Å²) < 4.78 is 42.6. The summed E-state index contributed by atoms with van der Waals surface area (Å²) in [7, 11) is 0. The first-order valence-corrected chi connectivity index (χ1v) is 12.6. The van der Waals surface area contributed by atoms with E-state index in [-0.39, 0.29) is 5.97 Å². The number of unbranched alkanes of at least 4 members (excludes halogenated alkanes) is 3. The molecule has 0 radical (unpaired) electrons. The van der Waals surface area contributed by atoms with Crippen LogP contribution in [-0.4, -0.2) is 111 Å². The highest BCUT2D eigenvalue weighted by Gasteiger charge is 2.02. The smallest absolute Gasteiger partial charge is 0.305 e. The Morgan fingerprint density at radius 1 is 0.515 bits per heavy atom. The van der Waals surface area contributed by atoms with Gasteiger partial charge in [0.1, 0.15) is 6.61 Å². The molecular formula is C23H45ClO9. The fraction of sp³-hybridized carbons (Fsp3) is 0.957.